The molecule has 5 aromatic rings. The fourth-order valence-electron chi connectivity index (χ4n) is 5.72. The molecule has 47 heavy (non-hydrogen) atoms. The predicted octanol–water partition coefficient (Wildman–Crippen LogP) is 5.78. The number of fused-ring (bicyclic) bond motifs is 1. The number of hydrogen-bond donors (Lipinski definition) is 4. The number of rotatable bonds is 12. The number of carbonyl (C=O) groups excluding carboxylic acids is 2. The molecule has 10 nitrogen and oxygen atoms in total. The minimum atomic E-state index is -0.591. The molecule has 1 aliphatic heterocycles. The average molecular weight is 634 g/mol. The molecule has 6 rings (SSSR count). The monoisotopic (exact) mass is 633 g/mol. The van der Waals surface area contributed by atoms with Crippen LogP contribution in [-0.4, -0.2) is 32.6 Å². The van der Waals surface area contributed by atoms with Gasteiger partial charge < -0.3 is 35.5 Å². The molecule has 1 fully saturated rings. The number of imidazole rings is 1. The van der Waals surface area contributed by atoms with Crippen LogP contribution >= 0.6 is 0 Å². The molecule has 10 heteroatoms. The van der Waals surface area contributed by atoms with Gasteiger partial charge >= 0.3 is 0 Å². The summed E-state index contributed by atoms with van der Waals surface area (Å²) >= 11 is 0. The number of benzene rings is 4. The minimum Gasteiger partial charge on any atom is -0.397 e. The Balaban J connectivity index is 1.05. The molecule has 0 spiro atoms. The smallest absolute Gasteiger partial charge is 0.224 e. The third-order valence-electron chi connectivity index (χ3n) is 8.33. The third kappa shape index (κ3) is 8.23. The second-order valence-electron chi connectivity index (χ2n) is 11.7. The lowest BCUT2D eigenvalue weighted by Crippen LogP contribution is -2.32. The number of amides is 2. The highest BCUT2D eigenvalue weighted by Gasteiger charge is 2.32. The van der Waals surface area contributed by atoms with Crippen LogP contribution in [0.4, 0.5) is 11.4 Å². The first kappa shape index (κ1) is 31.9. The van der Waals surface area contributed by atoms with E-state index in [4.69, 9.17) is 15.2 Å². The van der Waals surface area contributed by atoms with E-state index in [2.05, 4.69) is 26.3 Å². The van der Waals surface area contributed by atoms with Gasteiger partial charge in [-0.1, -0.05) is 72.8 Å². The van der Waals surface area contributed by atoms with Gasteiger partial charge in [-0.05, 0) is 47.4 Å². The molecule has 0 bridgehead atoms. The lowest BCUT2D eigenvalue weighted by atomic mass is 9.99. The molecule has 0 aliphatic carbocycles. The van der Waals surface area contributed by atoms with Crippen molar-refractivity contribution in [2.24, 2.45) is 0 Å². The number of ether oxygens (including phenoxy) is 2. The molecule has 0 saturated carbocycles. The Morgan fingerprint density at radius 2 is 1.55 bits per heavy atom. The van der Waals surface area contributed by atoms with Crippen LogP contribution in [0.25, 0.3) is 11.0 Å². The first-order valence-corrected chi connectivity index (χ1v) is 15.9. The molecule has 3 atom stereocenters. The van der Waals surface area contributed by atoms with E-state index >= 15 is 0 Å². The second kappa shape index (κ2) is 15.0. The van der Waals surface area contributed by atoms with E-state index in [9.17, 15) is 14.7 Å². The van der Waals surface area contributed by atoms with E-state index in [1.807, 2.05) is 73.1 Å². The molecule has 1 aromatic heterocycles. The minimum absolute atomic E-state index is 0.0114. The topological polar surface area (TPSA) is 141 Å². The molecule has 5 N–H and O–H groups in total. The van der Waals surface area contributed by atoms with E-state index in [-0.39, 0.29) is 43.5 Å². The van der Waals surface area contributed by atoms with Crippen LogP contribution in [0, 0.1) is 0 Å². The number of nitrogens with zero attached hydrogens (tertiary/aromatic N) is 2. The fourth-order valence-corrected chi connectivity index (χ4v) is 5.72. The Bertz CT molecular complexity index is 1800. The number of nitrogens with one attached hydrogen (secondary N) is 2. The zero-order valence-corrected chi connectivity index (χ0v) is 26.0. The number of anilines is 2. The maximum Gasteiger partial charge on any atom is 0.224 e. The van der Waals surface area contributed by atoms with E-state index in [0.717, 1.165) is 33.3 Å². The molecular weight excluding hydrogens is 594 g/mol. The van der Waals surface area contributed by atoms with Crippen LogP contribution in [0.3, 0.4) is 0 Å². The summed E-state index contributed by atoms with van der Waals surface area (Å²) in [7, 11) is 0. The molecular formula is C37H39N5O5. The van der Waals surface area contributed by atoms with E-state index < -0.39 is 6.29 Å². The largest absolute Gasteiger partial charge is 0.397 e. The van der Waals surface area contributed by atoms with Crippen LogP contribution in [0.5, 0.6) is 0 Å². The molecule has 242 valence electrons. The summed E-state index contributed by atoms with van der Waals surface area (Å²) in [6.45, 7) is 0.981. The zero-order chi connectivity index (χ0) is 32.6. The first-order chi connectivity index (χ1) is 22.9. The van der Waals surface area contributed by atoms with Crippen molar-refractivity contribution in [3.63, 3.8) is 0 Å². The van der Waals surface area contributed by atoms with Gasteiger partial charge in [0.25, 0.3) is 0 Å². The van der Waals surface area contributed by atoms with Gasteiger partial charge in [0, 0.05) is 31.4 Å². The van der Waals surface area contributed by atoms with Gasteiger partial charge in [0.15, 0.2) is 6.29 Å². The summed E-state index contributed by atoms with van der Waals surface area (Å²) in [6, 6.07) is 30.8. The van der Waals surface area contributed by atoms with Crippen LogP contribution in [-0.2, 0) is 38.8 Å². The maximum absolute atomic E-state index is 12.5. The number of aromatic nitrogens is 2. The van der Waals surface area contributed by atoms with Crippen molar-refractivity contribution in [1.82, 2.24) is 14.9 Å². The number of aliphatic hydroxyl groups excluding tert-OH is 1. The average Bonchev–Trinajstić information content (AvgIpc) is 3.51. The van der Waals surface area contributed by atoms with Gasteiger partial charge in [-0.3, -0.25) is 9.59 Å². The Labute approximate surface area is 273 Å². The van der Waals surface area contributed by atoms with Crippen molar-refractivity contribution < 1.29 is 24.2 Å². The van der Waals surface area contributed by atoms with Crippen molar-refractivity contribution in [3.05, 3.63) is 126 Å². The normalized spacial score (nSPS) is 17.8. The number of nitrogen functional groups attached to an aromatic ring is 1. The second-order valence-corrected chi connectivity index (χ2v) is 11.7. The van der Waals surface area contributed by atoms with Gasteiger partial charge in [-0.15, -0.1) is 0 Å². The highest BCUT2D eigenvalue weighted by atomic mass is 16.7. The molecule has 2 amide bonds. The number of carbonyl (C=O) groups is 2. The number of para-hydroxylation sites is 4. The van der Waals surface area contributed by atoms with Gasteiger partial charge in [-0.2, -0.15) is 0 Å². The van der Waals surface area contributed by atoms with Gasteiger partial charge in [0.2, 0.25) is 11.8 Å². The molecule has 1 aliphatic rings. The van der Waals surface area contributed by atoms with Gasteiger partial charge in [0.1, 0.15) is 0 Å². The number of hydrogen-bond acceptors (Lipinski definition) is 7. The Kier molecular flexibility index (Phi) is 10.2. The molecule has 0 radical (unpaired) electrons. The van der Waals surface area contributed by atoms with Crippen molar-refractivity contribution in [2.45, 2.75) is 63.9 Å². The number of nitrogens with two attached hydrogens (primary N) is 1. The van der Waals surface area contributed by atoms with Crippen LogP contribution in [0.1, 0.15) is 60.3 Å². The summed E-state index contributed by atoms with van der Waals surface area (Å²) in [5.74, 6) is -0.298. The molecule has 3 unspecified atom stereocenters. The number of aliphatic hydroxyl groups is 1. The SMILES string of the molecule is Nc1ccccc1NC(=O)CCCC(=O)NCc1ccc(C2OC(Cn3cnc4ccccc43)CC(c3ccc(CO)cc3)O2)cc1. The van der Waals surface area contributed by atoms with Crippen molar-refractivity contribution >= 4 is 34.2 Å². The van der Waals surface area contributed by atoms with Crippen molar-refractivity contribution in [1.29, 1.82) is 0 Å². The highest BCUT2D eigenvalue weighted by molar-refractivity contribution is 5.94. The van der Waals surface area contributed by atoms with E-state index in [0.29, 0.717) is 37.3 Å². The third-order valence-corrected chi connectivity index (χ3v) is 8.33. The van der Waals surface area contributed by atoms with Crippen LogP contribution < -0.4 is 16.4 Å². The van der Waals surface area contributed by atoms with Crippen LogP contribution in [0.15, 0.2) is 103 Å². The van der Waals surface area contributed by atoms with Gasteiger partial charge in [-0.25, -0.2) is 4.98 Å². The zero-order valence-electron chi connectivity index (χ0n) is 26.0. The fraction of sp³-hybridized carbons (Fsp3) is 0.270. The maximum atomic E-state index is 12.5. The van der Waals surface area contributed by atoms with E-state index in [1.165, 1.54) is 0 Å². The Hall–Kier alpha value is -5.03. The van der Waals surface area contributed by atoms with E-state index in [1.54, 1.807) is 24.3 Å². The Morgan fingerprint density at radius 3 is 2.34 bits per heavy atom. The quantitative estimate of drug-likeness (QED) is 0.128. The summed E-state index contributed by atoms with van der Waals surface area (Å²) < 4.78 is 15.1. The standard InChI is InChI=1S/C37H39N5O5/c38-30-6-1-2-7-31(30)41-36(45)11-5-10-35(44)39-21-25-12-18-28(19-13-25)37-46-29(22-42-24-40-32-8-3-4-9-33(32)42)20-34(47-37)27-16-14-26(23-43)15-17-27/h1-4,6-9,12-19,24,29,34,37,43H,5,10-11,20-23,38H2,(H,39,44)(H,41,45). The highest BCUT2D eigenvalue weighted by Crippen LogP contribution is 2.38. The summed E-state index contributed by atoms with van der Waals surface area (Å²) in [5.41, 5.74) is 12.6. The Morgan fingerprint density at radius 1 is 0.851 bits per heavy atom. The lowest BCUT2D eigenvalue weighted by Gasteiger charge is -2.36. The van der Waals surface area contributed by atoms with Crippen molar-refractivity contribution in [3.8, 4) is 0 Å². The summed E-state index contributed by atoms with van der Waals surface area (Å²) in [4.78, 5) is 29.2. The summed E-state index contributed by atoms with van der Waals surface area (Å²) in [5, 5.41) is 15.2. The molecule has 4 aromatic carbocycles. The van der Waals surface area contributed by atoms with Crippen molar-refractivity contribution in [2.75, 3.05) is 11.1 Å². The summed E-state index contributed by atoms with van der Waals surface area (Å²) in [6.07, 6.45) is 2.48. The van der Waals surface area contributed by atoms with Crippen LogP contribution in [0.2, 0.25) is 0 Å². The molecule has 1 saturated heterocycles. The lowest BCUT2D eigenvalue weighted by molar-refractivity contribution is -0.252. The predicted molar refractivity (Wildman–Crippen MR) is 180 cm³/mol. The molecule has 2 heterocycles. The first-order valence-electron chi connectivity index (χ1n) is 15.9. The van der Waals surface area contributed by atoms with Gasteiger partial charge in [0.05, 0.1) is 54.1 Å².